The van der Waals surface area contributed by atoms with Crippen LogP contribution < -0.4 is 5.32 Å². The topological polar surface area (TPSA) is 72.7 Å². The summed E-state index contributed by atoms with van der Waals surface area (Å²) in [4.78, 5) is 12.0. The van der Waals surface area contributed by atoms with Crippen molar-refractivity contribution in [3.8, 4) is 0 Å². The van der Waals surface area contributed by atoms with Gasteiger partial charge in [-0.25, -0.2) is 4.68 Å². The summed E-state index contributed by atoms with van der Waals surface area (Å²) in [6.07, 6.45) is 3.99. The number of nitrogens with zero attached hydrogens (tertiary/aromatic N) is 4. The number of amides is 1. The molecule has 1 saturated carbocycles. The van der Waals surface area contributed by atoms with Crippen LogP contribution in [0.5, 0.6) is 0 Å². The van der Waals surface area contributed by atoms with Crippen molar-refractivity contribution in [3.05, 3.63) is 5.82 Å². The van der Waals surface area contributed by atoms with E-state index in [9.17, 15) is 4.79 Å². The highest BCUT2D eigenvalue weighted by Crippen LogP contribution is 2.35. The fraction of sp³-hybridized carbons (Fsp3) is 0.833. The molecule has 1 fully saturated rings. The molecule has 2 rings (SSSR count). The van der Waals surface area contributed by atoms with Crippen molar-refractivity contribution in [2.24, 2.45) is 5.92 Å². The van der Waals surface area contributed by atoms with E-state index in [1.807, 2.05) is 25.5 Å². The average Bonchev–Trinajstić information content (AvgIpc) is 3.08. The zero-order valence-corrected chi connectivity index (χ0v) is 11.3. The summed E-state index contributed by atoms with van der Waals surface area (Å²) in [6, 6.07) is 0.302. The van der Waals surface area contributed by atoms with Gasteiger partial charge in [0.25, 0.3) is 0 Å². The number of rotatable bonds is 6. The molecule has 1 amide bonds. The SMILES string of the molecule is CCC(CC)C(=O)N[C@H](C)c1nnnn1C1CC1. The third kappa shape index (κ3) is 2.68. The molecule has 1 atom stereocenters. The van der Waals surface area contributed by atoms with Crippen LogP contribution in [0.25, 0.3) is 0 Å². The first-order valence-electron chi connectivity index (χ1n) is 6.75. The molecule has 0 saturated heterocycles. The summed E-state index contributed by atoms with van der Waals surface area (Å²) in [5.41, 5.74) is 0. The smallest absolute Gasteiger partial charge is 0.223 e. The lowest BCUT2D eigenvalue weighted by Gasteiger charge is -2.17. The largest absolute Gasteiger partial charge is 0.346 e. The second-order valence-corrected chi connectivity index (χ2v) is 4.96. The normalized spacial score (nSPS) is 16.9. The highest BCUT2D eigenvalue weighted by atomic mass is 16.1. The lowest BCUT2D eigenvalue weighted by atomic mass is 10.0. The minimum absolute atomic E-state index is 0.0812. The van der Waals surface area contributed by atoms with Crippen molar-refractivity contribution in [2.75, 3.05) is 0 Å². The van der Waals surface area contributed by atoms with Gasteiger partial charge in [0.1, 0.15) is 0 Å². The Morgan fingerprint density at radius 2 is 2.11 bits per heavy atom. The van der Waals surface area contributed by atoms with Gasteiger partial charge in [-0.2, -0.15) is 0 Å². The molecular formula is C12H21N5O. The molecule has 0 aromatic carbocycles. The van der Waals surface area contributed by atoms with Gasteiger partial charge in [-0.1, -0.05) is 13.8 Å². The quantitative estimate of drug-likeness (QED) is 0.834. The predicted molar refractivity (Wildman–Crippen MR) is 66.7 cm³/mol. The fourth-order valence-electron chi connectivity index (χ4n) is 2.12. The molecule has 1 aromatic heterocycles. The maximum atomic E-state index is 12.0. The fourth-order valence-corrected chi connectivity index (χ4v) is 2.12. The van der Waals surface area contributed by atoms with E-state index in [0.717, 1.165) is 31.5 Å². The maximum Gasteiger partial charge on any atom is 0.223 e. The van der Waals surface area contributed by atoms with Gasteiger partial charge in [-0.15, -0.1) is 5.10 Å². The highest BCUT2D eigenvalue weighted by Gasteiger charge is 2.30. The van der Waals surface area contributed by atoms with E-state index in [-0.39, 0.29) is 17.9 Å². The highest BCUT2D eigenvalue weighted by molar-refractivity contribution is 5.78. The third-order valence-electron chi connectivity index (χ3n) is 3.51. The summed E-state index contributed by atoms with van der Waals surface area (Å²) < 4.78 is 1.85. The van der Waals surface area contributed by atoms with Gasteiger partial charge in [-0.05, 0) is 43.0 Å². The number of nitrogens with one attached hydrogen (secondary N) is 1. The molecule has 1 N–H and O–H groups in total. The van der Waals surface area contributed by atoms with Crippen LogP contribution in [0.2, 0.25) is 0 Å². The van der Waals surface area contributed by atoms with E-state index in [0.29, 0.717) is 6.04 Å². The van der Waals surface area contributed by atoms with Crippen LogP contribution in [0.3, 0.4) is 0 Å². The molecule has 1 aromatic rings. The molecule has 0 spiro atoms. The summed E-state index contributed by atoms with van der Waals surface area (Å²) in [7, 11) is 0. The Morgan fingerprint density at radius 3 is 2.67 bits per heavy atom. The minimum atomic E-state index is -0.131. The van der Waals surface area contributed by atoms with Crippen LogP contribution in [-0.2, 0) is 4.79 Å². The molecule has 6 heteroatoms. The Hall–Kier alpha value is -1.46. The molecule has 0 unspecified atom stereocenters. The third-order valence-corrected chi connectivity index (χ3v) is 3.51. The van der Waals surface area contributed by atoms with E-state index >= 15 is 0 Å². The first-order chi connectivity index (χ1) is 8.67. The molecule has 1 heterocycles. The second kappa shape index (κ2) is 5.46. The summed E-state index contributed by atoms with van der Waals surface area (Å²) in [5.74, 6) is 0.937. The van der Waals surface area contributed by atoms with Gasteiger partial charge in [0.2, 0.25) is 5.91 Å². The van der Waals surface area contributed by atoms with Gasteiger partial charge in [0, 0.05) is 5.92 Å². The maximum absolute atomic E-state index is 12.0. The van der Waals surface area contributed by atoms with Gasteiger partial charge in [-0.3, -0.25) is 4.79 Å². The lowest BCUT2D eigenvalue weighted by molar-refractivity contribution is -0.125. The van der Waals surface area contributed by atoms with E-state index < -0.39 is 0 Å². The molecule has 0 bridgehead atoms. The van der Waals surface area contributed by atoms with Crippen molar-refractivity contribution in [3.63, 3.8) is 0 Å². The molecule has 1 aliphatic rings. The molecule has 0 radical (unpaired) electrons. The van der Waals surface area contributed by atoms with Crippen LogP contribution in [0.1, 0.15) is 64.4 Å². The lowest BCUT2D eigenvalue weighted by Crippen LogP contribution is -2.33. The van der Waals surface area contributed by atoms with Crippen molar-refractivity contribution < 1.29 is 4.79 Å². The van der Waals surface area contributed by atoms with Gasteiger partial charge in [0.15, 0.2) is 5.82 Å². The predicted octanol–water partition coefficient (Wildman–Crippen LogP) is 1.62. The number of aromatic nitrogens is 4. The van der Waals surface area contributed by atoms with Crippen molar-refractivity contribution in [2.45, 2.75) is 58.5 Å². The Morgan fingerprint density at radius 1 is 1.44 bits per heavy atom. The molecule has 0 aliphatic heterocycles. The van der Waals surface area contributed by atoms with Crippen molar-refractivity contribution in [1.29, 1.82) is 0 Å². The number of carbonyl (C=O) groups excluding carboxylic acids is 1. The first-order valence-corrected chi connectivity index (χ1v) is 6.75. The van der Waals surface area contributed by atoms with Crippen LogP contribution in [0, 0.1) is 5.92 Å². The number of tetrazole rings is 1. The van der Waals surface area contributed by atoms with E-state index in [4.69, 9.17) is 0 Å². The Balaban J connectivity index is 2.00. The molecular weight excluding hydrogens is 230 g/mol. The summed E-state index contributed by atoms with van der Waals surface area (Å²) >= 11 is 0. The molecule has 100 valence electrons. The van der Waals surface area contributed by atoms with Crippen LogP contribution >= 0.6 is 0 Å². The Labute approximate surface area is 107 Å². The summed E-state index contributed by atoms with van der Waals surface area (Å²) in [6.45, 7) is 6.00. The minimum Gasteiger partial charge on any atom is -0.346 e. The number of carbonyl (C=O) groups is 1. The average molecular weight is 251 g/mol. The Bertz CT molecular complexity index is 408. The molecule has 18 heavy (non-hydrogen) atoms. The standard InChI is InChI=1S/C12H21N5O/c1-4-9(5-2)12(18)13-8(3)11-14-15-16-17(11)10-6-7-10/h8-10H,4-7H2,1-3H3,(H,13,18)/t8-/m1/s1. The zero-order chi connectivity index (χ0) is 13.1. The number of hydrogen-bond acceptors (Lipinski definition) is 4. The van der Waals surface area contributed by atoms with Crippen molar-refractivity contribution >= 4 is 5.91 Å². The van der Waals surface area contributed by atoms with E-state index in [2.05, 4.69) is 20.8 Å². The van der Waals surface area contributed by atoms with Gasteiger partial charge < -0.3 is 5.32 Å². The van der Waals surface area contributed by atoms with Crippen LogP contribution in [-0.4, -0.2) is 26.1 Å². The molecule has 1 aliphatic carbocycles. The van der Waals surface area contributed by atoms with Crippen molar-refractivity contribution in [1.82, 2.24) is 25.5 Å². The van der Waals surface area contributed by atoms with Gasteiger partial charge >= 0.3 is 0 Å². The van der Waals surface area contributed by atoms with Crippen LogP contribution in [0.4, 0.5) is 0 Å². The van der Waals surface area contributed by atoms with E-state index in [1.54, 1.807) is 0 Å². The summed E-state index contributed by atoms with van der Waals surface area (Å²) in [5, 5.41) is 14.7. The van der Waals surface area contributed by atoms with Gasteiger partial charge in [0.05, 0.1) is 12.1 Å². The van der Waals surface area contributed by atoms with Crippen LogP contribution in [0.15, 0.2) is 0 Å². The second-order valence-electron chi connectivity index (χ2n) is 4.96. The number of hydrogen-bond donors (Lipinski definition) is 1. The first kappa shape index (κ1) is 13.0. The zero-order valence-electron chi connectivity index (χ0n) is 11.3. The Kier molecular flexibility index (Phi) is 3.93. The molecule has 6 nitrogen and oxygen atoms in total. The monoisotopic (exact) mass is 251 g/mol. The van der Waals surface area contributed by atoms with E-state index in [1.165, 1.54) is 0 Å².